The molecule has 0 bridgehead atoms. The third kappa shape index (κ3) is 2.80. The Bertz CT molecular complexity index is 470. The molecule has 3 rings (SSSR count). The molecule has 2 fully saturated rings. The number of piperidine rings is 2. The first kappa shape index (κ1) is 13.4. The van der Waals surface area contributed by atoms with Crippen molar-refractivity contribution in [1.82, 2.24) is 4.90 Å². The molecule has 4 nitrogen and oxygen atoms in total. The van der Waals surface area contributed by atoms with Crippen LogP contribution in [0, 0.1) is 0 Å². The number of fused-ring (bicyclic) bond motifs is 1. The van der Waals surface area contributed by atoms with Crippen molar-refractivity contribution < 1.29 is 9.53 Å². The second-order valence-corrected chi connectivity index (χ2v) is 5.81. The lowest BCUT2D eigenvalue weighted by molar-refractivity contribution is -0.0342. The number of nitrogen functional groups attached to an aromatic ring is 1. The molecular weight excluding hydrogens is 252 g/mol. The van der Waals surface area contributed by atoms with Gasteiger partial charge in [-0.3, -0.25) is 4.90 Å². The molecule has 2 aliphatic rings. The summed E-state index contributed by atoms with van der Waals surface area (Å²) in [5.74, 6) is -0.220. The van der Waals surface area contributed by atoms with E-state index in [-0.39, 0.29) is 12.1 Å². The number of nitrogens with two attached hydrogens (primary N) is 1. The zero-order valence-corrected chi connectivity index (χ0v) is 11.8. The lowest BCUT2D eigenvalue weighted by Crippen LogP contribution is -2.51. The van der Waals surface area contributed by atoms with Crippen molar-refractivity contribution in [3.63, 3.8) is 0 Å². The summed E-state index contributed by atoms with van der Waals surface area (Å²) in [5, 5.41) is 0. The molecule has 20 heavy (non-hydrogen) atoms. The van der Waals surface area contributed by atoms with Gasteiger partial charge in [0.25, 0.3) is 0 Å². The van der Waals surface area contributed by atoms with Gasteiger partial charge in [-0.1, -0.05) is 6.42 Å². The minimum Gasteiger partial charge on any atom is -0.457 e. The SMILES string of the molecule is Nc1ccc(C(=O)OC2CCCN3CCCCC23)cc1. The maximum absolute atomic E-state index is 12.2. The maximum Gasteiger partial charge on any atom is 0.338 e. The van der Waals surface area contributed by atoms with Gasteiger partial charge in [-0.2, -0.15) is 0 Å². The third-order valence-corrected chi connectivity index (χ3v) is 4.43. The van der Waals surface area contributed by atoms with Gasteiger partial charge in [-0.05, 0) is 63.0 Å². The lowest BCUT2D eigenvalue weighted by Gasteiger charge is -2.43. The molecule has 0 aliphatic carbocycles. The van der Waals surface area contributed by atoms with E-state index in [0.717, 1.165) is 32.4 Å². The Morgan fingerprint density at radius 2 is 1.85 bits per heavy atom. The van der Waals surface area contributed by atoms with Crippen LogP contribution in [0.1, 0.15) is 42.5 Å². The van der Waals surface area contributed by atoms with Gasteiger partial charge >= 0.3 is 5.97 Å². The first-order chi connectivity index (χ1) is 9.74. The Morgan fingerprint density at radius 3 is 2.65 bits per heavy atom. The first-order valence-corrected chi connectivity index (χ1v) is 7.54. The predicted octanol–water partition coefficient (Wildman–Crippen LogP) is 2.44. The van der Waals surface area contributed by atoms with Gasteiger partial charge in [0.2, 0.25) is 0 Å². The topological polar surface area (TPSA) is 55.6 Å². The maximum atomic E-state index is 12.2. The van der Waals surface area contributed by atoms with Crippen molar-refractivity contribution in [2.45, 2.75) is 44.2 Å². The molecule has 0 spiro atoms. The number of hydrogen-bond donors (Lipinski definition) is 1. The van der Waals surface area contributed by atoms with Gasteiger partial charge in [0.05, 0.1) is 5.56 Å². The highest BCUT2D eigenvalue weighted by atomic mass is 16.5. The van der Waals surface area contributed by atoms with Crippen molar-refractivity contribution in [1.29, 1.82) is 0 Å². The molecule has 0 saturated carbocycles. The van der Waals surface area contributed by atoms with Crippen LogP contribution in [0.5, 0.6) is 0 Å². The van der Waals surface area contributed by atoms with Crippen LogP contribution in [0.4, 0.5) is 5.69 Å². The van der Waals surface area contributed by atoms with Gasteiger partial charge in [0.1, 0.15) is 6.10 Å². The largest absolute Gasteiger partial charge is 0.457 e. The van der Waals surface area contributed by atoms with Crippen LogP contribution in [0.3, 0.4) is 0 Å². The van der Waals surface area contributed by atoms with E-state index in [2.05, 4.69) is 4.90 Å². The van der Waals surface area contributed by atoms with Crippen LogP contribution in [0.25, 0.3) is 0 Å². The Morgan fingerprint density at radius 1 is 1.10 bits per heavy atom. The molecule has 2 aliphatic heterocycles. The number of ether oxygens (including phenoxy) is 1. The molecule has 108 valence electrons. The highest BCUT2D eigenvalue weighted by molar-refractivity contribution is 5.89. The second kappa shape index (κ2) is 5.83. The standard InChI is InChI=1S/C16H22N2O2/c17-13-8-6-12(7-9-13)16(19)20-15-5-3-11-18-10-2-1-4-14(15)18/h6-9,14-15H,1-5,10-11,17H2. The zero-order valence-electron chi connectivity index (χ0n) is 11.8. The smallest absolute Gasteiger partial charge is 0.338 e. The fourth-order valence-electron chi connectivity index (χ4n) is 3.37. The summed E-state index contributed by atoms with van der Waals surface area (Å²) < 4.78 is 5.77. The highest BCUT2D eigenvalue weighted by Crippen LogP contribution is 2.28. The summed E-state index contributed by atoms with van der Waals surface area (Å²) in [6.45, 7) is 2.31. The summed E-state index contributed by atoms with van der Waals surface area (Å²) in [6, 6.07) is 7.38. The van der Waals surface area contributed by atoms with E-state index in [1.54, 1.807) is 24.3 Å². The number of esters is 1. The van der Waals surface area contributed by atoms with Crippen LogP contribution in [-0.4, -0.2) is 36.1 Å². The normalized spacial score (nSPS) is 26.8. The van der Waals surface area contributed by atoms with Gasteiger partial charge < -0.3 is 10.5 Å². The number of anilines is 1. The van der Waals surface area contributed by atoms with Gasteiger partial charge in [-0.25, -0.2) is 4.79 Å². The number of hydrogen-bond acceptors (Lipinski definition) is 4. The van der Waals surface area contributed by atoms with E-state index >= 15 is 0 Å². The Labute approximate surface area is 119 Å². The Kier molecular flexibility index (Phi) is 3.92. The molecule has 2 saturated heterocycles. The van der Waals surface area contributed by atoms with E-state index in [1.165, 1.54) is 12.8 Å². The van der Waals surface area contributed by atoms with Crippen LogP contribution >= 0.6 is 0 Å². The summed E-state index contributed by atoms with van der Waals surface area (Å²) in [5.41, 5.74) is 6.89. The van der Waals surface area contributed by atoms with Crippen LogP contribution in [-0.2, 0) is 4.74 Å². The molecule has 2 heterocycles. The Balaban J connectivity index is 1.66. The summed E-state index contributed by atoms with van der Waals surface area (Å²) in [6.07, 6.45) is 5.83. The number of carbonyl (C=O) groups is 1. The van der Waals surface area contributed by atoms with E-state index in [0.29, 0.717) is 17.3 Å². The number of rotatable bonds is 2. The van der Waals surface area contributed by atoms with Gasteiger partial charge in [-0.15, -0.1) is 0 Å². The molecular formula is C16H22N2O2. The Hall–Kier alpha value is -1.55. The van der Waals surface area contributed by atoms with Crippen molar-refractivity contribution >= 4 is 11.7 Å². The zero-order chi connectivity index (χ0) is 13.9. The minimum absolute atomic E-state index is 0.0501. The molecule has 1 aromatic rings. The van der Waals surface area contributed by atoms with Crippen molar-refractivity contribution in [2.24, 2.45) is 0 Å². The fourth-order valence-corrected chi connectivity index (χ4v) is 3.37. The molecule has 4 heteroatoms. The highest BCUT2D eigenvalue weighted by Gasteiger charge is 2.35. The second-order valence-electron chi connectivity index (χ2n) is 5.81. The average molecular weight is 274 g/mol. The van der Waals surface area contributed by atoms with E-state index in [9.17, 15) is 4.79 Å². The van der Waals surface area contributed by atoms with Crippen LogP contribution < -0.4 is 5.73 Å². The molecule has 0 amide bonds. The van der Waals surface area contributed by atoms with E-state index in [1.807, 2.05) is 0 Å². The van der Waals surface area contributed by atoms with E-state index < -0.39 is 0 Å². The number of nitrogens with zero attached hydrogens (tertiary/aromatic N) is 1. The summed E-state index contributed by atoms with van der Waals surface area (Å²) in [4.78, 5) is 14.7. The van der Waals surface area contributed by atoms with Crippen molar-refractivity contribution in [3.05, 3.63) is 29.8 Å². The molecule has 2 N–H and O–H groups in total. The number of carbonyl (C=O) groups excluding carboxylic acids is 1. The average Bonchev–Trinajstić information content (AvgIpc) is 2.48. The van der Waals surface area contributed by atoms with Gasteiger partial charge in [0.15, 0.2) is 0 Å². The molecule has 0 radical (unpaired) electrons. The van der Waals surface area contributed by atoms with E-state index in [4.69, 9.17) is 10.5 Å². The third-order valence-electron chi connectivity index (χ3n) is 4.43. The molecule has 0 aromatic heterocycles. The quantitative estimate of drug-likeness (QED) is 0.665. The monoisotopic (exact) mass is 274 g/mol. The van der Waals surface area contributed by atoms with Crippen molar-refractivity contribution in [3.8, 4) is 0 Å². The van der Waals surface area contributed by atoms with Gasteiger partial charge in [0, 0.05) is 11.7 Å². The van der Waals surface area contributed by atoms with Crippen LogP contribution in [0.15, 0.2) is 24.3 Å². The first-order valence-electron chi connectivity index (χ1n) is 7.54. The van der Waals surface area contributed by atoms with Crippen molar-refractivity contribution in [2.75, 3.05) is 18.8 Å². The predicted molar refractivity (Wildman–Crippen MR) is 78.5 cm³/mol. The molecule has 2 atom stereocenters. The molecule has 1 aromatic carbocycles. The molecule has 2 unspecified atom stereocenters. The minimum atomic E-state index is -0.220. The summed E-state index contributed by atoms with van der Waals surface area (Å²) in [7, 11) is 0. The summed E-state index contributed by atoms with van der Waals surface area (Å²) >= 11 is 0. The lowest BCUT2D eigenvalue weighted by atomic mass is 9.90. The van der Waals surface area contributed by atoms with Crippen LogP contribution in [0.2, 0.25) is 0 Å². The number of benzene rings is 1. The fraction of sp³-hybridized carbons (Fsp3) is 0.562.